The van der Waals surface area contributed by atoms with Gasteiger partial charge in [0.25, 0.3) is 6.43 Å². The SMILES string of the molecule is Cc1nc(CN(C)C)nc(N2CCOc3ccc(-c4cnc5c(c4)N=C(C(F)F)C5)cc3C2)c1C(C)C. The van der Waals surface area contributed by atoms with E-state index in [1.807, 2.05) is 32.3 Å². The molecule has 2 aliphatic heterocycles. The highest BCUT2D eigenvalue weighted by atomic mass is 19.3. The standard InChI is InChI=1S/C28H32F2N6O/c1-16(2)26-17(3)32-25(15-35(4)5)34-28(26)36-8-9-37-24-7-6-18(10-20(24)14-36)19-11-22-21(31-13-19)12-23(33-22)27(29)30/h6-7,10-11,13,16,27H,8-9,12,14-15H2,1-5H3. The van der Waals surface area contributed by atoms with Crippen molar-refractivity contribution >= 4 is 17.2 Å². The number of nitrogens with zero attached hydrogens (tertiary/aromatic N) is 6. The summed E-state index contributed by atoms with van der Waals surface area (Å²) in [5.74, 6) is 2.86. The normalized spacial score (nSPS) is 15.1. The lowest BCUT2D eigenvalue weighted by Gasteiger charge is -2.27. The highest BCUT2D eigenvalue weighted by molar-refractivity contribution is 5.96. The molecular formula is C28H32F2N6O. The second-order valence-corrected chi connectivity index (χ2v) is 10.2. The van der Waals surface area contributed by atoms with Crippen LogP contribution in [0.3, 0.4) is 0 Å². The van der Waals surface area contributed by atoms with Crippen LogP contribution in [0.5, 0.6) is 5.75 Å². The fourth-order valence-electron chi connectivity index (χ4n) is 5.01. The second-order valence-electron chi connectivity index (χ2n) is 10.2. The van der Waals surface area contributed by atoms with Gasteiger partial charge in [0.1, 0.15) is 24.0 Å². The fraction of sp³-hybridized carbons (Fsp3) is 0.429. The van der Waals surface area contributed by atoms with E-state index in [0.717, 1.165) is 45.3 Å². The zero-order chi connectivity index (χ0) is 26.3. The van der Waals surface area contributed by atoms with Gasteiger partial charge in [-0.15, -0.1) is 0 Å². The van der Waals surface area contributed by atoms with Crippen LogP contribution in [0.1, 0.15) is 48.1 Å². The number of hydrogen-bond acceptors (Lipinski definition) is 7. The lowest BCUT2D eigenvalue weighted by Crippen LogP contribution is -2.29. The maximum atomic E-state index is 13.1. The first-order chi connectivity index (χ1) is 17.7. The molecule has 0 bridgehead atoms. The molecule has 5 rings (SSSR count). The molecule has 0 N–H and O–H groups in total. The van der Waals surface area contributed by atoms with E-state index in [2.05, 4.69) is 46.6 Å². The number of halogens is 2. The summed E-state index contributed by atoms with van der Waals surface area (Å²) >= 11 is 0. The molecule has 0 unspecified atom stereocenters. The van der Waals surface area contributed by atoms with E-state index in [9.17, 15) is 8.78 Å². The molecule has 2 aromatic heterocycles. The number of hydrogen-bond donors (Lipinski definition) is 0. The van der Waals surface area contributed by atoms with E-state index >= 15 is 0 Å². The van der Waals surface area contributed by atoms with Crippen molar-refractivity contribution in [2.24, 2.45) is 4.99 Å². The molecule has 4 heterocycles. The van der Waals surface area contributed by atoms with Crippen molar-refractivity contribution < 1.29 is 13.5 Å². The number of ether oxygens (including phenoxy) is 1. The molecule has 0 spiro atoms. The van der Waals surface area contributed by atoms with Gasteiger partial charge in [-0.3, -0.25) is 4.98 Å². The van der Waals surface area contributed by atoms with E-state index in [1.54, 1.807) is 6.20 Å². The third-order valence-corrected chi connectivity index (χ3v) is 6.68. The Morgan fingerprint density at radius 1 is 1.11 bits per heavy atom. The zero-order valence-electron chi connectivity index (χ0n) is 21.9. The van der Waals surface area contributed by atoms with Crippen LogP contribution >= 0.6 is 0 Å². The molecule has 0 aliphatic carbocycles. The Labute approximate surface area is 216 Å². The predicted molar refractivity (Wildman–Crippen MR) is 141 cm³/mol. The molecule has 7 nitrogen and oxygen atoms in total. The summed E-state index contributed by atoms with van der Waals surface area (Å²) in [6.45, 7) is 8.94. The number of aliphatic imine (C=N–C) groups is 1. The first-order valence-electron chi connectivity index (χ1n) is 12.6. The van der Waals surface area contributed by atoms with Gasteiger partial charge in [-0.1, -0.05) is 19.9 Å². The molecule has 1 aromatic carbocycles. The van der Waals surface area contributed by atoms with Crippen molar-refractivity contribution in [3.05, 3.63) is 58.8 Å². The van der Waals surface area contributed by atoms with Gasteiger partial charge in [-0.2, -0.15) is 0 Å². The molecular weight excluding hydrogens is 474 g/mol. The predicted octanol–water partition coefficient (Wildman–Crippen LogP) is 5.32. The third-order valence-electron chi connectivity index (χ3n) is 6.68. The molecule has 0 radical (unpaired) electrons. The van der Waals surface area contributed by atoms with Gasteiger partial charge in [0, 0.05) is 41.5 Å². The Bertz CT molecular complexity index is 1350. The van der Waals surface area contributed by atoms with E-state index in [0.29, 0.717) is 37.6 Å². The Kier molecular flexibility index (Phi) is 6.90. The Morgan fingerprint density at radius 3 is 2.65 bits per heavy atom. The van der Waals surface area contributed by atoms with Gasteiger partial charge in [0.15, 0.2) is 0 Å². The maximum absolute atomic E-state index is 13.1. The molecule has 194 valence electrons. The number of rotatable bonds is 6. The number of benzene rings is 1. The summed E-state index contributed by atoms with van der Waals surface area (Å²) in [6.07, 6.45) is -0.724. The van der Waals surface area contributed by atoms with E-state index in [-0.39, 0.29) is 18.1 Å². The molecule has 0 saturated heterocycles. The first-order valence-corrected chi connectivity index (χ1v) is 12.6. The summed E-state index contributed by atoms with van der Waals surface area (Å²) in [7, 11) is 4.03. The highest BCUT2D eigenvalue weighted by Gasteiger charge is 2.25. The number of pyridine rings is 1. The number of alkyl halides is 2. The average Bonchev–Trinajstić information content (AvgIpc) is 3.15. The summed E-state index contributed by atoms with van der Waals surface area (Å²) in [5, 5.41) is 0. The topological polar surface area (TPSA) is 66.7 Å². The molecule has 0 amide bonds. The lowest BCUT2D eigenvalue weighted by atomic mass is 10.0. The van der Waals surface area contributed by atoms with Crippen LogP contribution in [0.25, 0.3) is 11.1 Å². The van der Waals surface area contributed by atoms with Gasteiger partial charge < -0.3 is 14.5 Å². The minimum Gasteiger partial charge on any atom is -0.491 e. The smallest absolute Gasteiger partial charge is 0.277 e. The Hall–Kier alpha value is -3.46. The maximum Gasteiger partial charge on any atom is 0.277 e. The summed E-state index contributed by atoms with van der Waals surface area (Å²) in [6, 6.07) is 7.88. The minimum absolute atomic E-state index is 0.104. The van der Waals surface area contributed by atoms with Crippen molar-refractivity contribution in [2.45, 2.75) is 52.6 Å². The van der Waals surface area contributed by atoms with Gasteiger partial charge in [-0.05, 0) is 50.7 Å². The van der Waals surface area contributed by atoms with Crippen LogP contribution in [0.15, 0.2) is 35.5 Å². The Morgan fingerprint density at radius 2 is 1.92 bits per heavy atom. The summed E-state index contributed by atoms with van der Waals surface area (Å²) < 4.78 is 32.4. The van der Waals surface area contributed by atoms with Crippen molar-refractivity contribution in [2.75, 3.05) is 32.1 Å². The molecule has 0 saturated carbocycles. The van der Waals surface area contributed by atoms with Crippen LogP contribution in [-0.4, -0.2) is 59.2 Å². The molecule has 3 aromatic rings. The van der Waals surface area contributed by atoms with Crippen molar-refractivity contribution in [1.29, 1.82) is 0 Å². The van der Waals surface area contributed by atoms with Crippen LogP contribution in [0.4, 0.5) is 20.3 Å². The fourth-order valence-corrected chi connectivity index (χ4v) is 5.01. The summed E-state index contributed by atoms with van der Waals surface area (Å²) in [4.78, 5) is 22.7. The third kappa shape index (κ3) is 5.18. The van der Waals surface area contributed by atoms with Crippen LogP contribution in [0.2, 0.25) is 0 Å². The van der Waals surface area contributed by atoms with Gasteiger partial charge in [0.2, 0.25) is 0 Å². The van der Waals surface area contributed by atoms with E-state index in [1.165, 1.54) is 0 Å². The largest absolute Gasteiger partial charge is 0.491 e. The lowest BCUT2D eigenvalue weighted by molar-refractivity contribution is 0.224. The number of anilines is 1. The molecule has 37 heavy (non-hydrogen) atoms. The van der Waals surface area contributed by atoms with Crippen molar-refractivity contribution in [3.8, 4) is 16.9 Å². The Balaban J connectivity index is 1.50. The molecule has 9 heteroatoms. The quantitative estimate of drug-likeness (QED) is 0.451. The van der Waals surface area contributed by atoms with E-state index in [4.69, 9.17) is 14.7 Å². The van der Waals surface area contributed by atoms with Gasteiger partial charge in [0.05, 0.1) is 30.2 Å². The second kappa shape index (κ2) is 10.1. The number of fused-ring (bicyclic) bond motifs is 2. The number of aryl methyl sites for hydroxylation is 1. The van der Waals surface area contributed by atoms with Crippen LogP contribution in [-0.2, 0) is 19.5 Å². The zero-order valence-corrected chi connectivity index (χ0v) is 21.9. The highest BCUT2D eigenvalue weighted by Crippen LogP contribution is 2.36. The minimum atomic E-state index is -2.56. The average molecular weight is 507 g/mol. The molecule has 0 fully saturated rings. The first kappa shape index (κ1) is 25.2. The summed E-state index contributed by atoms with van der Waals surface area (Å²) in [5.41, 5.74) is 5.96. The van der Waals surface area contributed by atoms with E-state index < -0.39 is 6.43 Å². The monoisotopic (exact) mass is 506 g/mol. The van der Waals surface area contributed by atoms with Gasteiger partial charge in [-0.25, -0.2) is 23.7 Å². The van der Waals surface area contributed by atoms with Crippen molar-refractivity contribution in [1.82, 2.24) is 19.9 Å². The van der Waals surface area contributed by atoms with Gasteiger partial charge >= 0.3 is 0 Å². The molecule has 0 atom stereocenters. The number of aromatic nitrogens is 3. The molecule has 2 aliphatic rings. The van der Waals surface area contributed by atoms with Crippen LogP contribution < -0.4 is 9.64 Å². The van der Waals surface area contributed by atoms with Crippen molar-refractivity contribution in [3.63, 3.8) is 0 Å². The van der Waals surface area contributed by atoms with Crippen LogP contribution in [0, 0.1) is 6.92 Å².